The molecule has 10 heteroatoms. The summed E-state index contributed by atoms with van der Waals surface area (Å²) in [5.41, 5.74) is 1.68. The van der Waals surface area contributed by atoms with Crippen LogP contribution in [0.2, 0.25) is 0 Å². The number of nitrogens with one attached hydrogen (secondary N) is 3. The molecule has 0 fully saturated rings. The summed E-state index contributed by atoms with van der Waals surface area (Å²) < 4.78 is 2.20. The highest BCUT2D eigenvalue weighted by atomic mass is 15.2. The van der Waals surface area contributed by atoms with Crippen molar-refractivity contribution in [3.63, 3.8) is 0 Å². The molecule has 0 saturated heterocycles. The van der Waals surface area contributed by atoms with E-state index in [0.717, 1.165) is 22.7 Å². The van der Waals surface area contributed by atoms with Crippen LogP contribution in [0.3, 0.4) is 0 Å². The first kappa shape index (κ1) is 19.7. The number of hydrogen-bond acceptors (Lipinski definition) is 8. The van der Waals surface area contributed by atoms with Crippen molar-refractivity contribution in [1.82, 2.24) is 39.7 Å². The fraction of sp³-hybridized carbons (Fsp3) is 0.400. The predicted octanol–water partition coefficient (Wildman–Crippen LogP) is 3.36. The lowest BCUT2D eigenvalue weighted by molar-refractivity contribution is 0.518. The van der Waals surface area contributed by atoms with Crippen molar-refractivity contribution in [3.05, 3.63) is 42.5 Å². The van der Waals surface area contributed by atoms with E-state index in [1.165, 1.54) is 6.33 Å². The van der Waals surface area contributed by atoms with Crippen LogP contribution in [0.5, 0.6) is 0 Å². The zero-order valence-electron chi connectivity index (χ0n) is 17.8. The van der Waals surface area contributed by atoms with Crippen LogP contribution in [0.1, 0.15) is 45.4 Å². The highest BCUT2D eigenvalue weighted by Crippen LogP contribution is 2.24. The van der Waals surface area contributed by atoms with E-state index in [4.69, 9.17) is 0 Å². The second-order valence-corrected chi connectivity index (χ2v) is 8.14. The molecule has 0 radical (unpaired) electrons. The minimum Gasteiger partial charge on any atom is -0.353 e. The van der Waals surface area contributed by atoms with Gasteiger partial charge in [0.15, 0.2) is 0 Å². The van der Waals surface area contributed by atoms with Crippen LogP contribution in [-0.2, 0) is 5.41 Å². The second-order valence-electron chi connectivity index (χ2n) is 8.14. The normalized spacial score (nSPS) is 11.9. The van der Waals surface area contributed by atoms with Crippen LogP contribution in [0.15, 0.2) is 30.9 Å². The molecule has 0 bridgehead atoms. The number of rotatable bonds is 7. The summed E-state index contributed by atoms with van der Waals surface area (Å²) in [7, 11) is 0. The Labute approximate surface area is 174 Å². The van der Waals surface area contributed by atoms with Gasteiger partial charge in [-0.25, -0.2) is 19.9 Å². The van der Waals surface area contributed by atoms with Gasteiger partial charge in [0.2, 0.25) is 5.95 Å². The number of nitrogens with zero attached hydrogens (tertiary/aromatic N) is 7. The maximum Gasteiger partial charge on any atom is 0.224 e. The van der Waals surface area contributed by atoms with Crippen molar-refractivity contribution in [2.24, 2.45) is 0 Å². The summed E-state index contributed by atoms with van der Waals surface area (Å²) in [5, 5.41) is 13.4. The van der Waals surface area contributed by atoms with E-state index in [2.05, 4.69) is 78.0 Å². The molecule has 3 N–H and O–H groups in total. The first-order valence-corrected chi connectivity index (χ1v) is 9.88. The molecular weight excluding hydrogens is 380 g/mol. The number of pyridine rings is 1. The molecule has 10 nitrogen and oxygen atoms in total. The Morgan fingerprint density at radius 1 is 1.13 bits per heavy atom. The standard InChI is InChI=1S/C20H26N10/c1-12(2)30-13(3)26-14-9-22-17(8-15(14)30)27-16-6-7-21-19(28-16)23-10-20(4,5)18-24-11-25-29-18/h6-9,11-12H,10H2,1-5H3,(H,24,25,29)(H2,21,22,23,27,28). The summed E-state index contributed by atoms with van der Waals surface area (Å²) in [5.74, 6) is 3.66. The third kappa shape index (κ3) is 3.93. The van der Waals surface area contributed by atoms with E-state index in [9.17, 15) is 0 Å². The molecule has 4 rings (SSSR count). The van der Waals surface area contributed by atoms with Crippen LogP contribution >= 0.6 is 0 Å². The number of aryl methyl sites for hydroxylation is 1. The summed E-state index contributed by atoms with van der Waals surface area (Å²) >= 11 is 0. The SMILES string of the molecule is Cc1nc2cnc(Nc3ccnc(NCC(C)(C)c4ncn[nH]4)n3)cc2n1C(C)C. The van der Waals surface area contributed by atoms with E-state index in [0.29, 0.717) is 30.2 Å². The fourth-order valence-corrected chi connectivity index (χ4v) is 3.40. The minimum absolute atomic E-state index is 0.247. The smallest absolute Gasteiger partial charge is 0.224 e. The van der Waals surface area contributed by atoms with Gasteiger partial charge in [-0.3, -0.25) is 5.10 Å². The molecule has 0 aliphatic rings. The average Bonchev–Trinajstić information content (AvgIpc) is 3.34. The number of aromatic amines is 1. The highest BCUT2D eigenvalue weighted by Gasteiger charge is 2.24. The monoisotopic (exact) mass is 406 g/mol. The van der Waals surface area contributed by atoms with Crippen LogP contribution < -0.4 is 10.6 Å². The molecule has 4 aromatic heterocycles. The Hall–Kier alpha value is -3.56. The molecule has 0 amide bonds. The molecule has 0 aromatic carbocycles. The Morgan fingerprint density at radius 2 is 1.97 bits per heavy atom. The molecule has 0 aliphatic carbocycles. The van der Waals surface area contributed by atoms with Crippen molar-refractivity contribution in [1.29, 1.82) is 0 Å². The molecule has 156 valence electrons. The van der Waals surface area contributed by atoms with Crippen LogP contribution in [0, 0.1) is 6.92 Å². The van der Waals surface area contributed by atoms with Crippen molar-refractivity contribution < 1.29 is 0 Å². The largest absolute Gasteiger partial charge is 0.353 e. The van der Waals surface area contributed by atoms with Gasteiger partial charge in [-0.05, 0) is 26.8 Å². The van der Waals surface area contributed by atoms with Gasteiger partial charge < -0.3 is 15.2 Å². The molecule has 4 aromatic rings. The Kier molecular flexibility index (Phi) is 5.06. The molecule has 0 saturated carbocycles. The van der Waals surface area contributed by atoms with E-state index in [-0.39, 0.29) is 5.41 Å². The van der Waals surface area contributed by atoms with Crippen molar-refractivity contribution in [2.45, 2.75) is 46.1 Å². The van der Waals surface area contributed by atoms with Gasteiger partial charge in [0.1, 0.15) is 35.1 Å². The van der Waals surface area contributed by atoms with Gasteiger partial charge in [0.25, 0.3) is 0 Å². The molecule has 0 spiro atoms. The van der Waals surface area contributed by atoms with Gasteiger partial charge >= 0.3 is 0 Å². The molecule has 0 unspecified atom stereocenters. The number of hydrogen-bond donors (Lipinski definition) is 3. The Balaban J connectivity index is 1.51. The van der Waals surface area contributed by atoms with E-state index >= 15 is 0 Å². The summed E-state index contributed by atoms with van der Waals surface area (Å²) in [6.07, 6.45) is 5.00. The van der Waals surface area contributed by atoms with Gasteiger partial charge in [-0.2, -0.15) is 10.1 Å². The topological polar surface area (TPSA) is 122 Å². The second kappa shape index (κ2) is 7.69. The number of H-pyrrole nitrogens is 1. The summed E-state index contributed by atoms with van der Waals surface area (Å²) in [4.78, 5) is 22.2. The summed E-state index contributed by atoms with van der Waals surface area (Å²) in [6, 6.07) is 4.12. The highest BCUT2D eigenvalue weighted by molar-refractivity contribution is 5.79. The first-order valence-electron chi connectivity index (χ1n) is 9.88. The quantitative estimate of drug-likeness (QED) is 0.427. The Morgan fingerprint density at radius 3 is 2.70 bits per heavy atom. The molecule has 30 heavy (non-hydrogen) atoms. The number of fused-ring (bicyclic) bond motifs is 1. The average molecular weight is 406 g/mol. The molecular formula is C20H26N10. The van der Waals surface area contributed by atoms with Crippen LogP contribution in [-0.4, -0.2) is 46.2 Å². The molecule has 4 heterocycles. The number of anilines is 3. The zero-order valence-corrected chi connectivity index (χ0v) is 17.8. The van der Waals surface area contributed by atoms with Gasteiger partial charge in [0, 0.05) is 30.3 Å². The lowest BCUT2D eigenvalue weighted by Gasteiger charge is -2.22. The van der Waals surface area contributed by atoms with E-state index in [1.807, 2.05) is 19.1 Å². The predicted molar refractivity (Wildman–Crippen MR) is 116 cm³/mol. The lowest BCUT2D eigenvalue weighted by Crippen LogP contribution is -2.29. The van der Waals surface area contributed by atoms with Crippen LogP contribution in [0.4, 0.5) is 17.6 Å². The minimum atomic E-state index is -0.247. The van der Waals surface area contributed by atoms with E-state index < -0.39 is 0 Å². The lowest BCUT2D eigenvalue weighted by atomic mass is 9.93. The summed E-state index contributed by atoms with van der Waals surface area (Å²) in [6.45, 7) is 11.0. The maximum absolute atomic E-state index is 4.59. The number of aromatic nitrogens is 8. The maximum atomic E-state index is 4.59. The zero-order chi connectivity index (χ0) is 21.3. The van der Waals surface area contributed by atoms with Gasteiger partial charge in [-0.1, -0.05) is 13.8 Å². The first-order chi connectivity index (χ1) is 14.3. The fourth-order valence-electron chi connectivity index (χ4n) is 3.40. The third-order valence-electron chi connectivity index (χ3n) is 4.92. The van der Waals surface area contributed by atoms with E-state index in [1.54, 1.807) is 12.4 Å². The molecule has 0 atom stereocenters. The van der Waals surface area contributed by atoms with Gasteiger partial charge in [0.05, 0.1) is 11.7 Å². The third-order valence-corrected chi connectivity index (χ3v) is 4.92. The van der Waals surface area contributed by atoms with Gasteiger partial charge in [-0.15, -0.1) is 0 Å². The Bertz CT molecular complexity index is 1140. The molecule has 0 aliphatic heterocycles. The van der Waals surface area contributed by atoms with Crippen molar-refractivity contribution >= 4 is 28.6 Å². The number of imidazole rings is 1. The van der Waals surface area contributed by atoms with Crippen molar-refractivity contribution in [3.8, 4) is 0 Å². The van der Waals surface area contributed by atoms with Crippen LogP contribution in [0.25, 0.3) is 11.0 Å². The van der Waals surface area contributed by atoms with Crippen molar-refractivity contribution in [2.75, 3.05) is 17.2 Å².